The molecule has 2 aromatic rings. The van der Waals surface area contributed by atoms with E-state index < -0.39 is 18.2 Å². The van der Waals surface area contributed by atoms with E-state index in [9.17, 15) is 9.59 Å². The smallest absolute Gasteiger partial charge is 0.406 e. The Balaban J connectivity index is 2.15. The average Bonchev–Trinajstić information content (AvgIpc) is 2.65. The molecular formula is C16H13N3O3. The number of benzene rings is 2. The maximum Gasteiger partial charge on any atom is 0.406 e. The molecule has 0 fully saturated rings. The Bertz CT molecular complexity index is 756. The van der Waals surface area contributed by atoms with Gasteiger partial charge in [0, 0.05) is 11.1 Å². The molecule has 1 heterocycles. The lowest BCUT2D eigenvalue weighted by atomic mass is 10.0. The lowest BCUT2D eigenvalue weighted by Crippen LogP contribution is -2.41. The van der Waals surface area contributed by atoms with E-state index >= 15 is 0 Å². The Morgan fingerprint density at radius 3 is 2.50 bits per heavy atom. The molecule has 1 unspecified atom stereocenters. The predicted molar refractivity (Wildman–Crippen MR) is 82.1 cm³/mol. The number of carbonyl (C=O) groups excluding carboxylic acids is 1. The summed E-state index contributed by atoms with van der Waals surface area (Å²) < 4.78 is 0. The molecule has 0 aliphatic carbocycles. The van der Waals surface area contributed by atoms with Gasteiger partial charge in [0.05, 0.1) is 11.4 Å². The summed E-state index contributed by atoms with van der Waals surface area (Å²) >= 11 is 0. The minimum absolute atomic E-state index is 0.513. The molecule has 2 amide bonds. The van der Waals surface area contributed by atoms with E-state index in [0.717, 1.165) is 11.1 Å². The molecule has 3 N–H and O–H groups in total. The number of para-hydroxylation sites is 1. The molecule has 0 saturated heterocycles. The Labute approximate surface area is 126 Å². The van der Waals surface area contributed by atoms with Gasteiger partial charge in [0.15, 0.2) is 0 Å². The SMILES string of the molecule is O=C(O)NC1N=C(c2ccccc2)c2ccccc2NC1=O. The van der Waals surface area contributed by atoms with Gasteiger partial charge in [-0.25, -0.2) is 9.79 Å². The average molecular weight is 295 g/mol. The quantitative estimate of drug-likeness (QED) is 0.792. The normalized spacial score (nSPS) is 16.8. The van der Waals surface area contributed by atoms with Gasteiger partial charge < -0.3 is 10.4 Å². The number of hydrogen-bond donors (Lipinski definition) is 3. The Morgan fingerprint density at radius 1 is 1.09 bits per heavy atom. The summed E-state index contributed by atoms with van der Waals surface area (Å²) in [4.78, 5) is 27.3. The third-order valence-electron chi connectivity index (χ3n) is 3.25. The van der Waals surface area contributed by atoms with Crippen LogP contribution in [-0.2, 0) is 4.79 Å². The van der Waals surface area contributed by atoms with Gasteiger partial charge in [0.1, 0.15) is 0 Å². The fraction of sp³-hybridized carbons (Fsp3) is 0.0625. The Kier molecular flexibility index (Phi) is 3.57. The number of carboxylic acid groups (broad SMARTS) is 1. The molecule has 1 aliphatic heterocycles. The number of aliphatic imine (C=N–C) groups is 1. The number of hydrogen-bond acceptors (Lipinski definition) is 3. The first-order valence-corrected chi connectivity index (χ1v) is 6.68. The van der Waals surface area contributed by atoms with Crippen molar-refractivity contribution in [1.29, 1.82) is 0 Å². The second-order valence-corrected chi connectivity index (χ2v) is 4.73. The van der Waals surface area contributed by atoms with Crippen LogP contribution in [0.2, 0.25) is 0 Å². The number of benzodiazepines with no additional fused rings is 1. The van der Waals surface area contributed by atoms with Crippen LogP contribution in [0.3, 0.4) is 0 Å². The van der Waals surface area contributed by atoms with Crippen LogP contribution in [-0.4, -0.2) is 29.0 Å². The van der Waals surface area contributed by atoms with Crippen molar-refractivity contribution in [2.24, 2.45) is 4.99 Å². The van der Waals surface area contributed by atoms with Crippen molar-refractivity contribution in [3.8, 4) is 0 Å². The van der Waals surface area contributed by atoms with Crippen LogP contribution in [0.25, 0.3) is 0 Å². The minimum atomic E-state index is -1.30. The van der Waals surface area contributed by atoms with E-state index in [1.54, 1.807) is 12.1 Å². The van der Waals surface area contributed by atoms with Gasteiger partial charge >= 0.3 is 6.09 Å². The van der Waals surface area contributed by atoms with Crippen molar-refractivity contribution >= 4 is 23.4 Å². The van der Waals surface area contributed by atoms with Crippen molar-refractivity contribution in [1.82, 2.24) is 5.32 Å². The van der Waals surface area contributed by atoms with Gasteiger partial charge in [0.2, 0.25) is 6.17 Å². The molecular weight excluding hydrogens is 282 g/mol. The largest absolute Gasteiger partial charge is 0.465 e. The summed E-state index contributed by atoms with van der Waals surface area (Å²) in [5.74, 6) is -0.513. The van der Waals surface area contributed by atoms with Crippen molar-refractivity contribution in [2.45, 2.75) is 6.17 Å². The summed E-state index contributed by atoms with van der Waals surface area (Å²) in [7, 11) is 0. The molecule has 3 rings (SSSR count). The highest BCUT2D eigenvalue weighted by Gasteiger charge is 2.26. The summed E-state index contributed by atoms with van der Waals surface area (Å²) in [6, 6.07) is 16.6. The molecule has 0 spiro atoms. The molecule has 1 aliphatic rings. The van der Waals surface area contributed by atoms with Crippen molar-refractivity contribution in [3.63, 3.8) is 0 Å². The van der Waals surface area contributed by atoms with Crippen LogP contribution in [0.1, 0.15) is 11.1 Å². The van der Waals surface area contributed by atoms with Gasteiger partial charge in [-0.1, -0.05) is 48.5 Å². The van der Waals surface area contributed by atoms with Crippen LogP contribution in [0, 0.1) is 0 Å². The molecule has 0 bridgehead atoms. The van der Waals surface area contributed by atoms with Crippen LogP contribution < -0.4 is 10.6 Å². The molecule has 2 aromatic carbocycles. The summed E-state index contributed by atoms with van der Waals surface area (Å²) in [5, 5.41) is 13.7. The van der Waals surface area contributed by atoms with Crippen LogP contribution >= 0.6 is 0 Å². The van der Waals surface area contributed by atoms with Crippen molar-refractivity contribution in [2.75, 3.05) is 5.32 Å². The van der Waals surface area contributed by atoms with E-state index in [4.69, 9.17) is 5.11 Å². The highest BCUT2D eigenvalue weighted by molar-refractivity contribution is 6.19. The first-order valence-electron chi connectivity index (χ1n) is 6.68. The number of rotatable bonds is 2. The van der Waals surface area contributed by atoms with Gasteiger partial charge in [0.25, 0.3) is 5.91 Å². The molecule has 110 valence electrons. The summed E-state index contributed by atoms with van der Waals surface area (Å²) in [5.41, 5.74) is 2.72. The second kappa shape index (κ2) is 5.69. The number of carbonyl (C=O) groups is 2. The van der Waals surface area contributed by atoms with Crippen molar-refractivity contribution < 1.29 is 14.7 Å². The highest BCUT2D eigenvalue weighted by Crippen LogP contribution is 2.23. The van der Waals surface area contributed by atoms with Crippen LogP contribution in [0.4, 0.5) is 10.5 Å². The zero-order chi connectivity index (χ0) is 15.5. The van der Waals surface area contributed by atoms with Gasteiger partial charge in [-0.15, -0.1) is 0 Å². The molecule has 0 aromatic heterocycles. The summed E-state index contributed by atoms with van der Waals surface area (Å²) in [6.45, 7) is 0. The third kappa shape index (κ3) is 2.67. The first-order chi connectivity index (χ1) is 10.6. The number of amides is 2. The Morgan fingerprint density at radius 2 is 1.77 bits per heavy atom. The fourth-order valence-electron chi connectivity index (χ4n) is 2.30. The third-order valence-corrected chi connectivity index (χ3v) is 3.25. The van der Waals surface area contributed by atoms with E-state index in [1.807, 2.05) is 42.5 Å². The number of nitrogens with zero attached hydrogens (tertiary/aromatic N) is 1. The monoisotopic (exact) mass is 295 g/mol. The molecule has 1 atom stereocenters. The van der Waals surface area contributed by atoms with Crippen molar-refractivity contribution in [3.05, 3.63) is 65.7 Å². The van der Waals surface area contributed by atoms with Gasteiger partial charge in [-0.2, -0.15) is 0 Å². The van der Waals surface area contributed by atoms with Crippen LogP contribution in [0.5, 0.6) is 0 Å². The molecule has 6 nitrogen and oxygen atoms in total. The van der Waals surface area contributed by atoms with E-state index in [2.05, 4.69) is 15.6 Å². The van der Waals surface area contributed by atoms with Gasteiger partial charge in [-0.05, 0) is 6.07 Å². The zero-order valence-corrected chi connectivity index (χ0v) is 11.5. The maximum atomic E-state index is 12.1. The number of fused-ring (bicyclic) bond motifs is 1. The van der Waals surface area contributed by atoms with Gasteiger partial charge in [-0.3, -0.25) is 10.1 Å². The summed E-state index contributed by atoms with van der Waals surface area (Å²) in [6.07, 6.45) is -2.50. The first kappa shape index (κ1) is 13.8. The molecule has 0 saturated carbocycles. The number of anilines is 1. The lowest BCUT2D eigenvalue weighted by Gasteiger charge is -2.10. The fourth-order valence-corrected chi connectivity index (χ4v) is 2.30. The second-order valence-electron chi connectivity index (χ2n) is 4.73. The molecule has 6 heteroatoms. The van der Waals surface area contributed by atoms with E-state index in [0.29, 0.717) is 11.4 Å². The molecule has 22 heavy (non-hydrogen) atoms. The topological polar surface area (TPSA) is 90.8 Å². The maximum absolute atomic E-state index is 12.1. The lowest BCUT2D eigenvalue weighted by molar-refractivity contribution is -0.117. The van der Waals surface area contributed by atoms with Crippen LogP contribution in [0.15, 0.2) is 59.6 Å². The van der Waals surface area contributed by atoms with E-state index in [1.165, 1.54) is 0 Å². The minimum Gasteiger partial charge on any atom is -0.465 e. The zero-order valence-electron chi connectivity index (χ0n) is 11.5. The predicted octanol–water partition coefficient (Wildman–Crippen LogP) is 2.07. The van der Waals surface area contributed by atoms with E-state index in [-0.39, 0.29) is 0 Å². The standard InChI is InChI=1S/C16H13N3O3/c20-15-14(19-16(21)22)18-13(10-6-2-1-3-7-10)11-8-4-5-9-12(11)17-15/h1-9,14,19H,(H,17,20)(H,21,22). The molecule has 0 radical (unpaired) electrons. The number of nitrogens with one attached hydrogen (secondary N) is 2. The highest BCUT2D eigenvalue weighted by atomic mass is 16.4. The Hall–Kier alpha value is -3.15.